The SMILES string of the molecule is CC(C)c1cc(CN2C[C@@H](CN3CCCCC3)[C@@H](CO)C2)on1. The number of rotatable bonds is 6. The van der Waals surface area contributed by atoms with Crippen molar-refractivity contribution >= 4 is 0 Å². The van der Waals surface area contributed by atoms with Crippen molar-refractivity contribution in [1.82, 2.24) is 15.0 Å². The van der Waals surface area contributed by atoms with Crippen molar-refractivity contribution in [2.45, 2.75) is 45.6 Å². The molecule has 1 N–H and O–H groups in total. The summed E-state index contributed by atoms with van der Waals surface area (Å²) in [6, 6.07) is 2.08. The minimum atomic E-state index is 0.294. The molecule has 2 aliphatic heterocycles. The van der Waals surface area contributed by atoms with Crippen LogP contribution in [0.1, 0.15) is 50.5 Å². The zero-order chi connectivity index (χ0) is 16.2. The standard InChI is InChI=1S/C18H31N3O2/c1-14(2)18-8-17(23-19-18)12-21-10-15(16(11-21)13-22)9-20-6-4-3-5-7-20/h8,14-16,22H,3-7,9-13H2,1-2H3/t15-,16-/m1/s1. The molecule has 2 fully saturated rings. The summed E-state index contributed by atoms with van der Waals surface area (Å²) in [6.45, 7) is 11.0. The number of aliphatic hydroxyl groups is 1. The molecule has 0 aliphatic carbocycles. The van der Waals surface area contributed by atoms with E-state index in [-0.39, 0.29) is 0 Å². The van der Waals surface area contributed by atoms with E-state index in [2.05, 4.69) is 34.9 Å². The summed E-state index contributed by atoms with van der Waals surface area (Å²) in [4.78, 5) is 5.01. The summed E-state index contributed by atoms with van der Waals surface area (Å²) in [7, 11) is 0. The van der Waals surface area contributed by atoms with Crippen LogP contribution >= 0.6 is 0 Å². The Hall–Kier alpha value is -0.910. The van der Waals surface area contributed by atoms with Gasteiger partial charge in [0.1, 0.15) is 0 Å². The zero-order valence-electron chi connectivity index (χ0n) is 14.6. The molecule has 3 heterocycles. The summed E-state index contributed by atoms with van der Waals surface area (Å²) >= 11 is 0. The Labute approximate surface area is 139 Å². The van der Waals surface area contributed by atoms with Crippen molar-refractivity contribution in [3.63, 3.8) is 0 Å². The van der Waals surface area contributed by atoms with Gasteiger partial charge in [0.2, 0.25) is 0 Å². The molecule has 0 radical (unpaired) electrons. The van der Waals surface area contributed by atoms with Crippen molar-refractivity contribution < 1.29 is 9.63 Å². The molecule has 0 unspecified atom stereocenters. The van der Waals surface area contributed by atoms with Crippen LogP contribution in [0.2, 0.25) is 0 Å². The van der Waals surface area contributed by atoms with Gasteiger partial charge in [0.25, 0.3) is 0 Å². The summed E-state index contributed by atoms with van der Waals surface area (Å²) < 4.78 is 5.48. The number of aliphatic hydroxyl groups excluding tert-OH is 1. The molecule has 2 aliphatic rings. The van der Waals surface area contributed by atoms with Crippen LogP contribution in [0.15, 0.2) is 10.6 Å². The van der Waals surface area contributed by atoms with Gasteiger partial charge in [0.05, 0.1) is 12.2 Å². The van der Waals surface area contributed by atoms with E-state index in [4.69, 9.17) is 4.52 Å². The fraction of sp³-hybridized carbons (Fsp3) is 0.833. The highest BCUT2D eigenvalue weighted by Gasteiger charge is 2.34. The molecule has 0 bridgehead atoms. The molecular weight excluding hydrogens is 290 g/mol. The first-order valence-electron chi connectivity index (χ1n) is 9.16. The normalized spacial score (nSPS) is 27.1. The Balaban J connectivity index is 1.54. The van der Waals surface area contributed by atoms with E-state index in [0.717, 1.165) is 37.6 Å². The molecule has 0 amide bonds. The molecule has 0 spiro atoms. The third-order valence-electron chi connectivity index (χ3n) is 5.38. The van der Waals surface area contributed by atoms with E-state index in [1.165, 1.54) is 32.4 Å². The summed E-state index contributed by atoms with van der Waals surface area (Å²) in [5, 5.41) is 13.9. The third-order valence-corrected chi connectivity index (χ3v) is 5.38. The van der Waals surface area contributed by atoms with Gasteiger partial charge in [-0.15, -0.1) is 0 Å². The molecule has 0 aromatic carbocycles. The average molecular weight is 321 g/mol. The summed E-state index contributed by atoms with van der Waals surface area (Å²) in [6.07, 6.45) is 4.03. The van der Waals surface area contributed by atoms with E-state index < -0.39 is 0 Å². The van der Waals surface area contributed by atoms with E-state index >= 15 is 0 Å². The number of likely N-dealkylation sites (tertiary alicyclic amines) is 2. The van der Waals surface area contributed by atoms with E-state index in [0.29, 0.717) is 24.4 Å². The van der Waals surface area contributed by atoms with Crippen LogP contribution in [0.3, 0.4) is 0 Å². The van der Waals surface area contributed by atoms with E-state index in [1.807, 2.05) is 0 Å². The van der Waals surface area contributed by atoms with Crippen LogP contribution in [0.25, 0.3) is 0 Å². The summed E-state index contributed by atoms with van der Waals surface area (Å²) in [5.41, 5.74) is 1.03. The molecule has 3 rings (SSSR count). The lowest BCUT2D eigenvalue weighted by Crippen LogP contribution is -2.37. The second-order valence-electron chi connectivity index (χ2n) is 7.63. The van der Waals surface area contributed by atoms with Gasteiger partial charge in [-0.3, -0.25) is 4.90 Å². The predicted octanol–water partition coefficient (Wildman–Crippen LogP) is 2.32. The molecule has 5 heteroatoms. The topological polar surface area (TPSA) is 52.7 Å². The first-order valence-corrected chi connectivity index (χ1v) is 9.16. The van der Waals surface area contributed by atoms with Crippen molar-refractivity contribution in [2.24, 2.45) is 11.8 Å². The first kappa shape index (κ1) is 16.9. The monoisotopic (exact) mass is 321 g/mol. The summed E-state index contributed by atoms with van der Waals surface area (Å²) in [5.74, 6) is 2.32. The van der Waals surface area contributed by atoms with Gasteiger partial charge in [-0.2, -0.15) is 0 Å². The first-order chi connectivity index (χ1) is 11.2. The second-order valence-corrected chi connectivity index (χ2v) is 7.63. The minimum absolute atomic E-state index is 0.294. The van der Waals surface area contributed by atoms with Crippen LogP contribution in [0.4, 0.5) is 0 Å². The molecule has 1 aromatic rings. The molecule has 130 valence electrons. The Morgan fingerprint density at radius 2 is 1.91 bits per heavy atom. The fourth-order valence-corrected chi connectivity index (χ4v) is 3.95. The van der Waals surface area contributed by atoms with Crippen LogP contribution in [-0.4, -0.2) is 59.4 Å². The highest BCUT2D eigenvalue weighted by molar-refractivity contribution is 5.09. The quantitative estimate of drug-likeness (QED) is 0.871. The van der Waals surface area contributed by atoms with E-state index in [9.17, 15) is 5.11 Å². The maximum Gasteiger partial charge on any atom is 0.150 e. The molecule has 23 heavy (non-hydrogen) atoms. The lowest BCUT2D eigenvalue weighted by Gasteiger charge is -2.30. The van der Waals surface area contributed by atoms with Gasteiger partial charge in [-0.05, 0) is 43.7 Å². The van der Waals surface area contributed by atoms with Gasteiger partial charge in [0, 0.05) is 32.3 Å². The van der Waals surface area contributed by atoms with E-state index in [1.54, 1.807) is 0 Å². The smallest absolute Gasteiger partial charge is 0.150 e. The van der Waals surface area contributed by atoms with Gasteiger partial charge < -0.3 is 14.5 Å². The van der Waals surface area contributed by atoms with Gasteiger partial charge in [-0.1, -0.05) is 25.4 Å². The molecule has 0 saturated carbocycles. The lowest BCUT2D eigenvalue weighted by atomic mass is 9.95. The molecular formula is C18H31N3O2. The number of aromatic nitrogens is 1. The molecule has 1 aromatic heterocycles. The van der Waals surface area contributed by atoms with Crippen molar-refractivity contribution in [1.29, 1.82) is 0 Å². The Morgan fingerprint density at radius 1 is 1.17 bits per heavy atom. The highest BCUT2D eigenvalue weighted by atomic mass is 16.5. The highest BCUT2D eigenvalue weighted by Crippen LogP contribution is 2.27. The number of hydrogen-bond acceptors (Lipinski definition) is 5. The van der Waals surface area contributed by atoms with Crippen molar-refractivity contribution in [3.8, 4) is 0 Å². The Morgan fingerprint density at radius 3 is 2.57 bits per heavy atom. The lowest BCUT2D eigenvalue weighted by molar-refractivity contribution is 0.149. The van der Waals surface area contributed by atoms with Crippen LogP contribution in [-0.2, 0) is 6.54 Å². The fourth-order valence-electron chi connectivity index (χ4n) is 3.95. The predicted molar refractivity (Wildman–Crippen MR) is 90.2 cm³/mol. The van der Waals surface area contributed by atoms with Gasteiger partial charge >= 0.3 is 0 Å². The maximum atomic E-state index is 9.75. The molecule has 2 atom stereocenters. The third kappa shape index (κ3) is 4.34. The van der Waals surface area contributed by atoms with Gasteiger partial charge in [-0.25, -0.2) is 0 Å². The Bertz CT molecular complexity index is 482. The maximum absolute atomic E-state index is 9.75. The average Bonchev–Trinajstić information content (AvgIpc) is 3.16. The number of piperidine rings is 1. The van der Waals surface area contributed by atoms with Crippen LogP contribution < -0.4 is 0 Å². The zero-order valence-corrected chi connectivity index (χ0v) is 14.6. The number of hydrogen-bond donors (Lipinski definition) is 1. The van der Waals surface area contributed by atoms with Crippen LogP contribution in [0.5, 0.6) is 0 Å². The van der Waals surface area contributed by atoms with Crippen molar-refractivity contribution in [3.05, 3.63) is 17.5 Å². The minimum Gasteiger partial charge on any atom is -0.396 e. The largest absolute Gasteiger partial charge is 0.396 e. The van der Waals surface area contributed by atoms with Gasteiger partial charge in [0.15, 0.2) is 5.76 Å². The molecule has 2 saturated heterocycles. The number of nitrogens with zero attached hydrogens (tertiary/aromatic N) is 3. The Kier molecular flexibility index (Phi) is 5.72. The van der Waals surface area contributed by atoms with Crippen molar-refractivity contribution in [2.75, 3.05) is 39.3 Å². The van der Waals surface area contributed by atoms with Crippen LogP contribution in [0, 0.1) is 11.8 Å². The second kappa shape index (κ2) is 7.77. The molecule has 5 nitrogen and oxygen atoms in total.